The molecule has 1 aliphatic carbocycles. The zero-order valence-corrected chi connectivity index (χ0v) is 11.4. The van der Waals surface area contributed by atoms with Crippen LogP contribution in [0.15, 0.2) is 45.9 Å². The van der Waals surface area contributed by atoms with Gasteiger partial charge in [-0.15, -0.1) is 0 Å². The van der Waals surface area contributed by atoms with Crippen LogP contribution >= 0.6 is 11.6 Å². The molecule has 1 aliphatic rings. The highest BCUT2D eigenvalue weighted by molar-refractivity contribution is 6.33. The van der Waals surface area contributed by atoms with E-state index in [9.17, 15) is 0 Å². The predicted octanol–water partition coefficient (Wildman–Crippen LogP) is 4.50. The lowest BCUT2D eigenvalue weighted by Gasteiger charge is -2.00. The molecule has 4 heteroatoms. The molecule has 0 aliphatic heterocycles. The molecule has 2 aromatic rings. The second-order valence-electron chi connectivity index (χ2n) is 4.91. The molecule has 1 aromatic heterocycles. The maximum Gasteiger partial charge on any atom is 0.147 e. The third kappa shape index (κ3) is 2.82. The molecule has 3 rings (SSSR count). The average molecular weight is 275 g/mol. The molecule has 3 nitrogen and oxygen atoms in total. The summed E-state index contributed by atoms with van der Waals surface area (Å²) < 4.78 is 5.72. The van der Waals surface area contributed by atoms with Gasteiger partial charge in [-0.05, 0) is 36.6 Å². The SMILES string of the molecule is C[C@H]1C[C@@H]1c1ccc(/C=N\Nc2ccccc2Cl)o1. The third-order valence-corrected chi connectivity index (χ3v) is 3.70. The van der Waals surface area contributed by atoms with Crippen LogP contribution in [0.4, 0.5) is 5.69 Å². The van der Waals surface area contributed by atoms with Gasteiger partial charge < -0.3 is 4.42 Å². The zero-order valence-electron chi connectivity index (χ0n) is 10.6. The van der Waals surface area contributed by atoms with Gasteiger partial charge in [0.05, 0.1) is 16.9 Å². The molecule has 1 aromatic carbocycles. The summed E-state index contributed by atoms with van der Waals surface area (Å²) >= 11 is 6.02. The molecule has 0 spiro atoms. The largest absolute Gasteiger partial charge is 0.460 e. The van der Waals surface area contributed by atoms with Crippen LogP contribution < -0.4 is 5.43 Å². The van der Waals surface area contributed by atoms with E-state index >= 15 is 0 Å². The van der Waals surface area contributed by atoms with E-state index in [1.54, 1.807) is 6.21 Å². The number of para-hydroxylation sites is 1. The van der Waals surface area contributed by atoms with Crippen molar-refractivity contribution in [2.24, 2.45) is 11.0 Å². The van der Waals surface area contributed by atoms with E-state index in [1.165, 1.54) is 6.42 Å². The summed E-state index contributed by atoms with van der Waals surface area (Å²) in [6.07, 6.45) is 2.89. The van der Waals surface area contributed by atoms with Crippen LogP contribution in [0.5, 0.6) is 0 Å². The van der Waals surface area contributed by atoms with Gasteiger partial charge in [-0.2, -0.15) is 5.10 Å². The Hall–Kier alpha value is -1.74. The van der Waals surface area contributed by atoms with E-state index in [2.05, 4.69) is 17.5 Å². The first-order valence-corrected chi connectivity index (χ1v) is 6.75. The lowest BCUT2D eigenvalue weighted by molar-refractivity contribution is 0.500. The maximum atomic E-state index is 6.02. The van der Waals surface area contributed by atoms with Crippen molar-refractivity contribution < 1.29 is 4.42 Å². The first-order valence-electron chi connectivity index (χ1n) is 6.37. The van der Waals surface area contributed by atoms with Crippen LogP contribution in [0, 0.1) is 5.92 Å². The van der Waals surface area contributed by atoms with E-state index in [-0.39, 0.29) is 0 Å². The monoisotopic (exact) mass is 274 g/mol. The third-order valence-electron chi connectivity index (χ3n) is 3.37. The van der Waals surface area contributed by atoms with Crippen molar-refractivity contribution in [3.05, 3.63) is 52.9 Å². The quantitative estimate of drug-likeness (QED) is 0.658. The van der Waals surface area contributed by atoms with Gasteiger partial charge in [0.25, 0.3) is 0 Å². The molecule has 0 bridgehead atoms. The fraction of sp³-hybridized carbons (Fsp3) is 0.267. The number of benzene rings is 1. The Morgan fingerprint density at radius 3 is 2.84 bits per heavy atom. The second-order valence-corrected chi connectivity index (χ2v) is 5.32. The van der Waals surface area contributed by atoms with Crippen LogP contribution in [0.25, 0.3) is 0 Å². The molecule has 19 heavy (non-hydrogen) atoms. The Labute approximate surface area is 117 Å². The van der Waals surface area contributed by atoms with Gasteiger partial charge in [-0.3, -0.25) is 5.43 Å². The molecule has 1 heterocycles. The molecule has 0 unspecified atom stereocenters. The van der Waals surface area contributed by atoms with Crippen LogP contribution in [0.1, 0.15) is 30.8 Å². The first kappa shape index (κ1) is 12.3. The van der Waals surface area contributed by atoms with Gasteiger partial charge in [0.2, 0.25) is 0 Å². The Bertz CT molecular complexity index is 606. The number of hydrazone groups is 1. The lowest BCUT2D eigenvalue weighted by Crippen LogP contribution is -1.90. The highest BCUT2D eigenvalue weighted by Crippen LogP contribution is 2.47. The maximum absolute atomic E-state index is 6.02. The second kappa shape index (κ2) is 5.10. The number of hydrogen-bond acceptors (Lipinski definition) is 3. The van der Waals surface area contributed by atoms with Gasteiger partial charge in [0.15, 0.2) is 0 Å². The van der Waals surface area contributed by atoms with Crippen molar-refractivity contribution in [2.75, 3.05) is 5.43 Å². The molecule has 0 amide bonds. The zero-order chi connectivity index (χ0) is 13.2. The standard InChI is InChI=1S/C15H15ClN2O/c1-10-8-12(10)15-7-6-11(19-15)9-17-18-14-5-3-2-4-13(14)16/h2-7,9-10,12,18H,8H2,1H3/b17-9-/t10-,12-/m0/s1. The van der Waals surface area contributed by atoms with E-state index in [4.69, 9.17) is 16.0 Å². The van der Waals surface area contributed by atoms with Crippen LogP contribution in [0.2, 0.25) is 5.02 Å². The highest BCUT2D eigenvalue weighted by atomic mass is 35.5. The Kier molecular flexibility index (Phi) is 3.30. The Morgan fingerprint density at radius 2 is 2.11 bits per heavy atom. The molecular weight excluding hydrogens is 260 g/mol. The minimum absolute atomic E-state index is 0.596. The van der Waals surface area contributed by atoms with Crippen LogP contribution in [-0.4, -0.2) is 6.21 Å². The molecule has 0 saturated heterocycles. The number of anilines is 1. The van der Waals surface area contributed by atoms with E-state index in [0.29, 0.717) is 10.9 Å². The lowest BCUT2D eigenvalue weighted by atomic mass is 10.3. The smallest absolute Gasteiger partial charge is 0.147 e. The molecule has 1 saturated carbocycles. The van der Waals surface area contributed by atoms with Crippen molar-refractivity contribution >= 4 is 23.5 Å². The Morgan fingerprint density at radius 1 is 1.32 bits per heavy atom. The summed E-state index contributed by atoms with van der Waals surface area (Å²) in [7, 11) is 0. The molecule has 98 valence electrons. The molecule has 1 N–H and O–H groups in total. The normalized spacial score (nSPS) is 21.8. The molecular formula is C15H15ClN2O. The van der Waals surface area contributed by atoms with Crippen molar-refractivity contribution in [3.8, 4) is 0 Å². The van der Waals surface area contributed by atoms with Gasteiger partial charge in [-0.1, -0.05) is 30.7 Å². The summed E-state index contributed by atoms with van der Waals surface area (Å²) in [5.41, 5.74) is 3.68. The molecule has 1 fully saturated rings. The number of furan rings is 1. The number of hydrogen-bond donors (Lipinski definition) is 1. The fourth-order valence-electron chi connectivity index (χ4n) is 2.07. The number of halogens is 1. The molecule has 0 radical (unpaired) electrons. The van der Waals surface area contributed by atoms with Gasteiger partial charge in [0, 0.05) is 5.92 Å². The first-order chi connectivity index (χ1) is 9.24. The molecule has 2 atom stereocenters. The summed E-state index contributed by atoms with van der Waals surface area (Å²) in [5.74, 6) is 3.16. The van der Waals surface area contributed by atoms with E-state index in [0.717, 1.165) is 23.1 Å². The van der Waals surface area contributed by atoms with Crippen molar-refractivity contribution in [1.82, 2.24) is 0 Å². The minimum Gasteiger partial charge on any atom is -0.460 e. The van der Waals surface area contributed by atoms with Gasteiger partial charge in [-0.25, -0.2) is 0 Å². The van der Waals surface area contributed by atoms with Crippen molar-refractivity contribution in [3.63, 3.8) is 0 Å². The van der Waals surface area contributed by atoms with Crippen LogP contribution in [-0.2, 0) is 0 Å². The van der Waals surface area contributed by atoms with E-state index < -0.39 is 0 Å². The van der Waals surface area contributed by atoms with Crippen molar-refractivity contribution in [1.29, 1.82) is 0 Å². The number of nitrogens with zero attached hydrogens (tertiary/aromatic N) is 1. The highest BCUT2D eigenvalue weighted by Gasteiger charge is 2.36. The van der Waals surface area contributed by atoms with Crippen molar-refractivity contribution in [2.45, 2.75) is 19.3 Å². The minimum atomic E-state index is 0.596. The summed E-state index contributed by atoms with van der Waals surface area (Å²) in [5, 5.41) is 4.78. The van der Waals surface area contributed by atoms with Gasteiger partial charge >= 0.3 is 0 Å². The Balaban J connectivity index is 1.63. The topological polar surface area (TPSA) is 37.5 Å². The predicted molar refractivity (Wildman–Crippen MR) is 77.9 cm³/mol. The summed E-state index contributed by atoms with van der Waals surface area (Å²) in [4.78, 5) is 0. The van der Waals surface area contributed by atoms with E-state index in [1.807, 2.05) is 36.4 Å². The average Bonchev–Trinajstić information content (AvgIpc) is 2.96. The van der Waals surface area contributed by atoms with Gasteiger partial charge in [0.1, 0.15) is 11.5 Å². The summed E-state index contributed by atoms with van der Waals surface area (Å²) in [6.45, 7) is 2.24. The summed E-state index contributed by atoms with van der Waals surface area (Å²) in [6, 6.07) is 11.5. The number of rotatable bonds is 4. The fourth-order valence-corrected chi connectivity index (χ4v) is 2.25. The van der Waals surface area contributed by atoms with Crippen LogP contribution in [0.3, 0.4) is 0 Å². The number of nitrogens with one attached hydrogen (secondary N) is 1.